The van der Waals surface area contributed by atoms with Crippen LogP contribution in [0.3, 0.4) is 0 Å². The molecule has 0 bridgehead atoms. The number of nitrogens with one attached hydrogen (secondary N) is 1. The summed E-state index contributed by atoms with van der Waals surface area (Å²) in [4.78, 5) is 4.15. The van der Waals surface area contributed by atoms with Crippen LogP contribution in [0.15, 0.2) is 67.3 Å². The Morgan fingerprint density at radius 1 is 1.10 bits per heavy atom. The molecule has 0 fully saturated rings. The summed E-state index contributed by atoms with van der Waals surface area (Å²) >= 11 is 0. The molecule has 0 aliphatic heterocycles. The van der Waals surface area contributed by atoms with Crippen molar-refractivity contribution in [2.75, 3.05) is 5.32 Å². The number of nitrogens with zero attached hydrogens (tertiary/aromatic N) is 3. The molecule has 0 spiro atoms. The monoisotopic (exact) mass is 278 g/mol. The summed E-state index contributed by atoms with van der Waals surface area (Å²) in [5.41, 5.74) is 3.42. The molecule has 0 saturated heterocycles. The van der Waals surface area contributed by atoms with E-state index in [1.807, 2.05) is 47.5 Å². The molecule has 3 aromatic rings. The zero-order valence-corrected chi connectivity index (χ0v) is 12.0. The van der Waals surface area contributed by atoms with Crippen LogP contribution in [-0.2, 0) is 6.54 Å². The van der Waals surface area contributed by atoms with Gasteiger partial charge in [0.25, 0.3) is 0 Å². The molecule has 2 aromatic heterocycles. The van der Waals surface area contributed by atoms with Crippen molar-refractivity contribution in [3.05, 3.63) is 78.4 Å². The number of aromatic nitrogens is 3. The summed E-state index contributed by atoms with van der Waals surface area (Å²) in [5, 5.41) is 7.84. The summed E-state index contributed by atoms with van der Waals surface area (Å²) < 4.78 is 1.94. The molecule has 0 aliphatic carbocycles. The summed E-state index contributed by atoms with van der Waals surface area (Å²) in [6, 6.07) is 14.5. The van der Waals surface area contributed by atoms with E-state index in [1.165, 1.54) is 5.56 Å². The first kappa shape index (κ1) is 13.4. The van der Waals surface area contributed by atoms with Gasteiger partial charge in [0.05, 0.1) is 24.5 Å². The van der Waals surface area contributed by atoms with E-state index < -0.39 is 0 Å². The minimum absolute atomic E-state index is 0.202. The van der Waals surface area contributed by atoms with Crippen LogP contribution in [0.2, 0.25) is 0 Å². The topological polar surface area (TPSA) is 42.7 Å². The van der Waals surface area contributed by atoms with Crippen molar-refractivity contribution in [2.24, 2.45) is 0 Å². The van der Waals surface area contributed by atoms with Gasteiger partial charge in [-0.2, -0.15) is 5.10 Å². The molecule has 106 valence electrons. The summed E-state index contributed by atoms with van der Waals surface area (Å²) in [6.07, 6.45) is 7.55. The Labute approximate surface area is 124 Å². The second kappa shape index (κ2) is 6.22. The van der Waals surface area contributed by atoms with E-state index in [2.05, 4.69) is 40.5 Å². The Bertz CT molecular complexity index is 676. The number of pyridine rings is 1. The fraction of sp³-hybridized carbons (Fsp3) is 0.176. The first-order valence-electron chi connectivity index (χ1n) is 7.04. The highest BCUT2D eigenvalue weighted by Gasteiger charge is 2.06. The van der Waals surface area contributed by atoms with Gasteiger partial charge in [-0.3, -0.25) is 9.67 Å². The van der Waals surface area contributed by atoms with E-state index in [0.29, 0.717) is 0 Å². The Balaban J connectivity index is 1.65. The maximum Gasteiger partial charge on any atom is 0.0731 e. The van der Waals surface area contributed by atoms with Crippen LogP contribution in [0.4, 0.5) is 5.69 Å². The molecule has 1 unspecified atom stereocenters. The molecule has 0 amide bonds. The van der Waals surface area contributed by atoms with Crippen molar-refractivity contribution in [3.63, 3.8) is 0 Å². The molecule has 21 heavy (non-hydrogen) atoms. The maximum atomic E-state index is 4.40. The highest BCUT2D eigenvalue weighted by atomic mass is 15.3. The number of benzene rings is 1. The van der Waals surface area contributed by atoms with Crippen molar-refractivity contribution in [3.8, 4) is 0 Å². The zero-order chi connectivity index (χ0) is 14.5. The lowest BCUT2D eigenvalue weighted by Gasteiger charge is -2.13. The van der Waals surface area contributed by atoms with Gasteiger partial charge in [-0.15, -0.1) is 0 Å². The van der Waals surface area contributed by atoms with E-state index in [1.54, 1.807) is 6.20 Å². The van der Waals surface area contributed by atoms with Gasteiger partial charge in [0.1, 0.15) is 0 Å². The van der Waals surface area contributed by atoms with Crippen LogP contribution in [0.25, 0.3) is 0 Å². The average molecular weight is 278 g/mol. The fourth-order valence-corrected chi connectivity index (χ4v) is 2.26. The number of rotatable bonds is 5. The molecular weight excluding hydrogens is 260 g/mol. The number of anilines is 1. The van der Waals surface area contributed by atoms with E-state index >= 15 is 0 Å². The number of hydrogen-bond donors (Lipinski definition) is 1. The second-order valence-corrected chi connectivity index (χ2v) is 5.06. The first-order valence-corrected chi connectivity index (χ1v) is 7.04. The smallest absolute Gasteiger partial charge is 0.0731 e. The Morgan fingerprint density at radius 3 is 2.71 bits per heavy atom. The molecule has 1 atom stereocenters. The van der Waals surface area contributed by atoms with Crippen molar-refractivity contribution in [1.82, 2.24) is 14.8 Å². The van der Waals surface area contributed by atoms with Gasteiger partial charge >= 0.3 is 0 Å². The molecule has 1 N–H and O–H groups in total. The van der Waals surface area contributed by atoms with Gasteiger partial charge in [-0.25, -0.2) is 0 Å². The van der Waals surface area contributed by atoms with Crippen LogP contribution in [0.5, 0.6) is 0 Å². The van der Waals surface area contributed by atoms with Crippen molar-refractivity contribution >= 4 is 5.69 Å². The third kappa shape index (κ3) is 3.48. The summed E-state index contributed by atoms with van der Waals surface area (Å²) in [6.45, 7) is 2.90. The Kier molecular flexibility index (Phi) is 3.96. The molecule has 1 aromatic carbocycles. The minimum Gasteiger partial charge on any atom is -0.376 e. The molecule has 2 heterocycles. The van der Waals surface area contributed by atoms with Crippen molar-refractivity contribution in [2.45, 2.75) is 19.5 Å². The normalized spacial score (nSPS) is 12.0. The minimum atomic E-state index is 0.202. The van der Waals surface area contributed by atoms with Crippen LogP contribution < -0.4 is 5.32 Å². The summed E-state index contributed by atoms with van der Waals surface area (Å²) in [5.74, 6) is 0. The third-order valence-electron chi connectivity index (χ3n) is 3.39. The van der Waals surface area contributed by atoms with Gasteiger partial charge in [0, 0.05) is 18.6 Å². The Hall–Kier alpha value is -2.62. The highest BCUT2D eigenvalue weighted by Crippen LogP contribution is 2.17. The number of hydrogen-bond acceptors (Lipinski definition) is 3. The zero-order valence-electron chi connectivity index (χ0n) is 12.0. The second-order valence-electron chi connectivity index (χ2n) is 5.06. The fourth-order valence-electron chi connectivity index (χ4n) is 2.26. The average Bonchev–Trinajstić information content (AvgIpc) is 2.96. The Morgan fingerprint density at radius 2 is 1.95 bits per heavy atom. The molecule has 4 heteroatoms. The van der Waals surface area contributed by atoms with Crippen LogP contribution >= 0.6 is 0 Å². The lowest BCUT2D eigenvalue weighted by atomic mass is 10.1. The molecular formula is C17H18N4. The quantitative estimate of drug-likeness (QED) is 0.776. The van der Waals surface area contributed by atoms with Crippen LogP contribution in [0, 0.1) is 0 Å². The van der Waals surface area contributed by atoms with E-state index in [9.17, 15) is 0 Å². The van der Waals surface area contributed by atoms with E-state index in [4.69, 9.17) is 0 Å². The molecule has 4 nitrogen and oxygen atoms in total. The van der Waals surface area contributed by atoms with E-state index in [-0.39, 0.29) is 6.04 Å². The third-order valence-corrected chi connectivity index (χ3v) is 3.39. The van der Waals surface area contributed by atoms with Gasteiger partial charge in [-0.1, -0.05) is 36.4 Å². The SMILES string of the molecule is CC(Nc1cnn(Cc2ccccc2)c1)c1cccnc1. The molecule has 0 saturated carbocycles. The van der Waals surface area contributed by atoms with E-state index in [0.717, 1.165) is 17.8 Å². The van der Waals surface area contributed by atoms with Gasteiger partial charge in [0.15, 0.2) is 0 Å². The predicted octanol–water partition coefficient (Wildman–Crippen LogP) is 3.50. The predicted molar refractivity (Wildman–Crippen MR) is 84.0 cm³/mol. The van der Waals surface area contributed by atoms with Crippen molar-refractivity contribution < 1.29 is 0 Å². The molecule has 3 rings (SSSR count). The maximum absolute atomic E-state index is 4.40. The lowest BCUT2D eigenvalue weighted by molar-refractivity contribution is 0.687. The molecule has 0 aliphatic rings. The van der Waals surface area contributed by atoms with Crippen LogP contribution in [0.1, 0.15) is 24.1 Å². The largest absolute Gasteiger partial charge is 0.376 e. The first-order chi connectivity index (χ1) is 10.3. The summed E-state index contributed by atoms with van der Waals surface area (Å²) in [7, 11) is 0. The van der Waals surface area contributed by atoms with Crippen molar-refractivity contribution in [1.29, 1.82) is 0 Å². The van der Waals surface area contributed by atoms with Crippen LogP contribution in [-0.4, -0.2) is 14.8 Å². The van der Waals surface area contributed by atoms with Gasteiger partial charge in [-0.05, 0) is 24.1 Å². The van der Waals surface area contributed by atoms with Gasteiger partial charge in [0.2, 0.25) is 0 Å². The highest BCUT2D eigenvalue weighted by molar-refractivity contribution is 5.41. The standard InChI is InChI=1S/C17H18N4/c1-14(16-8-5-9-18-10-16)20-17-11-19-21(13-17)12-15-6-3-2-4-7-15/h2-11,13-14,20H,12H2,1H3. The molecule has 0 radical (unpaired) electrons. The van der Waals surface area contributed by atoms with Gasteiger partial charge < -0.3 is 5.32 Å². The lowest BCUT2D eigenvalue weighted by Crippen LogP contribution is -2.06.